The Labute approximate surface area is 197 Å². The predicted octanol–water partition coefficient (Wildman–Crippen LogP) is 3.93. The van der Waals surface area contributed by atoms with Gasteiger partial charge in [-0.25, -0.2) is 13.8 Å². The van der Waals surface area contributed by atoms with Crippen molar-refractivity contribution < 1.29 is 23.0 Å². The lowest BCUT2D eigenvalue weighted by atomic mass is 9.96. The Morgan fingerprint density at radius 3 is 2.06 bits per heavy atom. The van der Waals surface area contributed by atoms with Gasteiger partial charge in [0, 0.05) is 39.5 Å². The normalized spacial score (nSPS) is 14.4. The van der Waals surface area contributed by atoms with Crippen molar-refractivity contribution in [2.45, 2.75) is 6.04 Å². The number of nitrogens with zero attached hydrogens (tertiary/aromatic N) is 3. The highest BCUT2D eigenvalue weighted by atomic mass is 19.1. The molecule has 0 aliphatic carbocycles. The molecule has 178 valence electrons. The van der Waals surface area contributed by atoms with E-state index in [0.29, 0.717) is 50.8 Å². The van der Waals surface area contributed by atoms with Crippen LogP contribution in [0.15, 0.2) is 66.9 Å². The molecule has 1 amide bonds. The molecule has 1 aliphatic rings. The average molecular weight is 468 g/mol. The van der Waals surface area contributed by atoms with E-state index < -0.39 is 0 Å². The number of carbonyl (C=O) groups is 1. The van der Waals surface area contributed by atoms with Crippen molar-refractivity contribution in [1.29, 1.82) is 0 Å². The summed E-state index contributed by atoms with van der Waals surface area (Å²) in [6, 6.07) is 16.0. The number of piperazine rings is 1. The topological polar surface area (TPSA) is 54.9 Å². The third-order valence-corrected chi connectivity index (χ3v) is 5.87. The summed E-state index contributed by atoms with van der Waals surface area (Å²) in [5, 5.41) is 0. The van der Waals surface area contributed by atoms with E-state index >= 15 is 0 Å². The second-order valence-corrected chi connectivity index (χ2v) is 8.03. The number of hydrogen-bond acceptors (Lipinski definition) is 5. The Morgan fingerprint density at radius 1 is 0.912 bits per heavy atom. The van der Waals surface area contributed by atoms with Crippen molar-refractivity contribution in [2.24, 2.45) is 0 Å². The lowest BCUT2D eigenvalue weighted by molar-refractivity contribution is 0.0590. The summed E-state index contributed by atoms with van der Waals surface area (Å²) in [6.45, 7) is 2.92. The van der Waals surface area contributed by atoms with Gasteiger partial charge in [-0.3, -0.25) is 9.69 Å². The van der Waals surface area contributed by atoms with Gasteiger partial charge >= 0.3 is 0 Å². The molecule has 1 aliphatic heterocycles. The maximum atomic E-state index is 13.5. The predicted molar refractivity (Wildman–Crippen MR) is 124 cm³/mol. The summed E-state index contributed by atoms with van der Waals surface area (Å²) in [4.78, 5) is 21.4. The molecule has 8 heteroatoms. The fourth-order valence-electron chi connectivity index (χ4n) is 4.15. The quantitative estimate of drug-likeness (QED) is 0.470. The van der Waals surface area contributed by atoms with Gasteiger partial charge in [0.05, 0.1) is 12.6 Å². The third kappa shape index (κ3) is 5.58. The molecule has 0 unspecified atom stereocenters. The number of halogens is 2. The standard InChI is InChI=1S/C26H27F2N3O3/c1-33-17-18-34-25-23(3-2-12-29-25)26(32)31-15-13-30(14-16-31)24(19-4-8-21(27)9-5-19)20-6-10-22(28)11-7-20/h2-12,24H,13-18H2,1H3. The molecule has 1 fully saturated rings. The number of amides is 1. The van der Waals surface area contributed by atoms with Crippen LogP contribution in [0.4, 0.5) is 8.78 Å². The van der Waals surface area contributed by atoms with Crippen molar-refractivity contribution in [3.05, 3.63) is 95.2 Å². The number of hydrogen-bond donors (Lipinski definition) is 0. The van der Waals surface area contributed by atoms with Gasteiger partial charge in [0.2, 0.25) is 5.88 Å². The molecule has 0 bridgehead atoms. The van der Waals surface area contributed by atoms with E-state index in [4.69, 9.17) is 9.47 Å². The molecule has 0 saturated carbocycles. The second kappa shape index (κ2) is 11.2. The van der Waals surface area contributed by atoms with Crippen LogP contribution in [0, 0.1) is 11.6 Å². The lowest BCUT2D eigenvalue weighted by Gasteiger charge is -2.40. The van der Waals surface area contributed by atoms with E-state index in [9.17, 15) is 13.6 Å². The molecule has 0 spiro atoms. The molecular weight excluding hydrogens is 440 g/mol. The van der Waals surface area contributed by atoms with E-state index in [1.807, 2.05) is 0 Å². The van der Waals surface area contributed by atoms with Gasteiger partial charge in [0.15, 0.2) is 0 Å². The van der Waals surface area contributed by atoms with Crippen molar-refractivity contribution in [1.82, 2.24) is 14.8 Å². The second-order valence-electron chi connectivity index (χ2n) is 8.03. The first-order chi connectivity index (χ1) is 16.6. The number of pyridine rings is 1. The van der Waals surface area contributed by atoms with Gasteiger partial charge in [0.25, 0.3) is 5.91 Å². The van der Waals surface area contributed by atoms with Crippen LogP contribution in [0.2, 0.25) is 0 Å². The molecular formula is C26H27F2N3O3. The summed E-state index contributed by atoms with van der Waals surface area (Å²) < 4.78 is 37.7. The van der Waals surface area contributed by atoms with Crippen molar-refractivity contribution >= 4 is 5.91 Å². The monoisotopic (exact) mass is 467 g/mol. The summed E-state index contributed by atoms with van der Waals surface area (Å²) in [5.41, 5.74) is 2.24. The SMILES string of the molecule is COCCOc1ncccc1C(=O)N1CCN(C(c2ccc(F)cc2)c2ccc(F)cc2)CC1. The molecule has 0 N–H and O–H groups in total. The van der Waals surface area contributed by atoms with E-state index in [1.54, 1.807) is 54.6 Å². The zero-order valence-corrected chi connectivity index (χ0v) is 19.0. The summed E-state index contributed by atoms with van der Waals surface area (Å²) in [7, 11) is 1.58. The highest BCUT2D eigenvalue weighted by Crippen LogP contribution is 2.30. The van der Waals surface area contributed by atoms with Crippen LogP contribution in [-0.2, 0) is 4.74 Å². The Bertz CT molecular complexity index is 1040. The van der Waals surface area contributed by atoms with Gasteiger partial charge in [-0.15, -0.1) is 0 Å². The summed E-state index contributed by atoms with van der Waals surface area (Å²) in [6.07, 6.45) is 1.59. The highest BCUT2D eigenvalue weighted by molar-refractivity contribution is 5.96. The smallest absolute Gasteiger partial charge is 0.259 e. The van der Waals surface area contributed by atoms with Crippen LogP contribution < -0.4 is 4.74 Å². The zero-order valence-electron chi connectivity index (χ0n) is 19.0. The van der Waals surface area contributed by atoms with Crippen LogP contribution in [0.1, 0.15) is 27.5 Å². The lowest BCUT2D eigenvalue weighted by Crippen LogP contribution is -2.50. The molecule has 4 rings (SSSR count). The number of ether oxygens (including phenoxy) is 2. The maximum Gasteiger partial charge on any atom is 0.259 e. The third-order valence-electron chi connectivity index (χ3n) is 5.87. The first kappa shape index (κ1) is 23.8. The van der Waals surface area contributed by atoms with E-state index in [0.717, 1.165) is 11.1 Å². The average Bonchev–Trinajstić information content (AvgIpc) is 2.87. The van der Waals surface area contributed by atoms with Crippen LogP contribution in [0.5, 0.6) is 5.88 Å². The van der Waals surface area contributed by atoms with Crippen LogP contribution in [0.25, 0.3) is 0 Å². The Morgan fingerprint density at radius 2 is 1.50 bits per heavy atom. The molecule has 6 nitrogen and oxygen atoms in total. The maximum absolute atomic E-state index is 13.5. The molecule has 0 radical (unpaired) electrons. The van der Waals surface area contributed by atoms with Gasteiger partial charge in [-0.1, -0.05) is 24.3 Å². The Hall–Kier alpha value is -3.36. The fourth-order valence-corrected chi connectivity index (χ4v) is 4.15. The zero-order chi connectivity index (χ0) is 23.9. The highest BCUT2D eigenvalue weighted by Gasteiger charge is 2.30. The molecule has 1 saturated heterocycles. The van der Waals surface area contributed by atoms with Crippen molar-refractivity contribution in [2.75, 3.05) is 46.5 Å². The van der Waals surface area contributed by atoms with E-state index in [2.05, 4.69) is 9.88 Å². The number of aromatic nitrogens is 1. The van der Waals surface area contributed by atoms with Crippen molar-refractivity contribution in [3.63, 3.8) is 0 Å². The first-order valence-corrected chi connectivity index (χ1v) is 11.2. The van der Waals surface area contributed by atoms with Gasteiger partial charge < -0.3 is 14.4 Å². The van der Waals surface area contributed by atoms with Crippen LogP contribution in [0.3, 0.4) is 0 Å². The number of rotatable bonds is 8. The Balaban J connectivity index is 1.49. The van der Waals surface area contributed by atoms with E-state index in [1.165, 1.54) is 24.3 Å². The minimum atomic E-state index is -0.308. The molecule has 34 heavy (non-hydrogen) atoms. The summed E-state index contributed by atoms with van der Waals surface area (Å²) >= 11 is 0. The number of benzene rings is 2. The molecule has 1 aromatic heterocycles. The molecule has 2 heterocycles. The fraction of sp³-hybridized carbons (Fsp3) is 0.308. The summed E-state index contributed by atoms with van der Waals surface area (Å²) in [5.74, 6) is -0.461. The van der Waals surface area contributed by atoms with Crippen LogP contribution >= 0.6 is 0 Å². The molecule has 2 aromatic carbocycles. The van der Waals surface area contributed by atoms with Crippen molar-refractivity contribution in [3.8, 4) is 5.88 Å². The van der Waals surface area contributed by atoms with Gasteiger partial charge in [-0.05, 0) is 47.5 Å². The number of carbonyl (C=O) groups excluding carboxylic acids is 1. The van der Waals surface area contributed by atoms with E-state index in [-0.39, 0.29) is 23.6 Å². The molecule has 3 aromatic rings. The van der Waals surface area contributed by atoms with Gasteiger partial charge in [0.1, 0.15) is 23.8 Å². The largest absolute Gasteiger partial charge is 0.475 e. The first-order valence-electron chi connectivity index (χ1n) is 11.2. The molecule has 0 atom stereocenters. The number of methoxy groups -OCH3 is 1. The minimum absolute atomic E-state index is 0.139. The minimum Gasteiger partial charge on any atom is -0.475 e. The van der Waals surface area contributed by atoms with Crippen LogP contribution in [-0.4, -0.2) is 67.2 Å². The Kier molecular flexibility index (Phi) is 7.82. The van der Waals surface area contributed by atoms with Gasteiger partial charge in [-0.2, -0.15) is 0 Å².